The van der Waals surface area contributed by atoms with Gasteiger partial charge in [0.05, 0.1) is 11.8 Å². The van der Waals surface area contributed by atoms with Gasteiger partial charge in [-0.2, -0.15) is 0 Å². The molecule has 0 radical (unpaired) electrons. The van der Waals surface area contributed by atoms with Gasteiger partial charge < -0.3 is 5.11 Å². The number of carbonyl (C=O) groups is 1. The van der Waals surface area contributed by atoms with E-state index in [2.05, 4.69) is 0 Å². The van der Waals surface area contributed by atoms with E-state index in [1.165, 1.54) is 24.3 Å². The molecule has 1 aromatic carbocycles. The van der Waals surface area contributed by atoms with E-state index in [9.17, 15) is 13.2 Å². The number of fused-ring (bicyclic) bond motifs is 1. The highest BCUT2D eigenvalue weighted by Gasteiger charge is 2.20. The van der Waals surface area contributed by atoms with Gasteiger partial charge in [-0.3, -0.25) is 0 Å². The molecule has 0 spiro atoms. The van der Waals surface area contributed by atoms with Gasteiger partial charge in [-0.05, 0) is 24.3 Å². The topological polar surface area (TPSA) is 76.4 Å². The first-order chi connectivity index (χ1) is 7.80. The average Bonchev–Trinajstić information content (AvgIpc) is 2.55. The molecule has 90 valence electrons. The predicted octanol–water partition coefficient (Wildman–Crippen LogP) is 1.80. The monoisotopic (exact) mass is 273 g/mol. The maximum atomic E-state index is 11.6. The highest BCUT2D eigenvalue weighted by molar-refractivity contribution is 7.89. The Bertz CT molecular complexity index is 717. The van der Waals surface area contributed by atoms with Crippen molar-refractivity contribution in [2.24, 2.45) is 0 Å². The number of aromatic carboxylic acids is 1. The third kappa shape index (κ3) is 2.01. The van der Waals surface area contributed by atoms with Crippen LogP contribution in [0.15, 0.2) is 24.3 Å². The fourth-order valence-corrected chi connectivity index (χ4v) is 2.86. The molecule has 0 aliphatic heterocycles. The lowest BCUT2D eigenvalue weighted by Gasteiger charge is -2.04. The first-order valence-corrected chi connectivity index (χ1v) is 6.78. The molecule has 17 heavy (non-hydrogen) atoms. The maximum Gasteiger partial charge on any atom is 0.353 e. The van der Waals surface area contributed by atoms with E-state index in [0.29, 0.717) is 15.9 Å². The molecule has 0 aliphatic carbocycles. The highest BCUT2D eigenvalue weighted by atomic mass is 35.5. The van der Waals surface area contributed by atoms with Gasteiger partial charge in [-0.15, -0.1) is 0 Å². The SMILES string of the molecule is CS(=O)(=O)n1c(C(=O)O)cc2cc(Cl)ccc21. The van der Waals surface area contributed by atoms with Gasteiger partial charge in [0.25, 0.3) is 0 Å². The van der Waals surface area contributed by atoms with Crippen LogP contribution in [0.1, 0.15) is 10.5 Å². The molecule has 0 atom stereocenters. The van der Waals surface area contributed by atoms with Gasteiger partial charge >= 0.3 is 5.97 Å². The number of halogens is 1. The first-order valence-electron chi connectivity index (χ1n) is 4.55. The van der Waals surface area contributed by atoms with Gasteiger partial charge in [0.1, 0.15) is 5.69 Å². The standard InChI is InChI=1S/C10H8ClNO4S/c1-17(15,16)12-8-3-2-7(11)4-6(8)5-9(12)10(13)14/h2-5H,1H3,(H,13,14). The second-order valence-corrected chi connectivity index (χ2v) is 5.83. The fourth-order valence-electron chi connectivity index (χ4n) is 1.67. The van der Waals surface area contributed by atoms with Crippen molar-refractivity contribution < 1.29 is 18.3 Å². The summed E-state index contributed by atoms with van der Waals surface area (Å²) in [6.07, 6.45) is 0.952. The van der Waals surface area contributed by atoms with Crippen LogP contribution in [0.2, 0.25) is 5.02 Å². The van der Waals surface area contributed by atoms with Crippen LogP contribution in [0, 0.1) is 0 Å². The van der Waals surface area contributed by atoms with Crippen molar-refractivity contribution in [3.8, 4) is 0 Å². The summed E-state index contributed by atoms with van der Waals surface area (Å²) in [6, 6.07) is 5.79. The summed E-state index contributed by atoms with van der Waals surface area (Å²) in [5.74, 6) is -1.30. The van der Waals surface area contributed by atoms with Gasteiger partial charge in [0, 0.05) is 10.4 Å². The lowest BCUT2D eigenvalue weighted by atomic mass is 10.2. The lowest BCUT2D eigenvalue weighted by Crippen LogP contribution is -2.16. The molecular weight excluding hydrogens is 266 g/mol. The van der Waals surface area contributed by atoms with Crippen LogP contribution in [0.25, 0.3) is 10.9 Å². The number of nitrogens with zero attached hydrogens (tertiary/aromatic N) is 1. The molecule has 0 fully saturated rings. The molecule has 1 heterocycles. The maximum absolute atomic E-state index is 11.6. The Labute approximate surface area is 102 Å². The number of aromatic nitrogens is 1. The smallest absolute Gasteiger partial charge is 0.353 e. The Morgan fingerprint density at radius 3 is 2.53 bits per heavy atom. The molecule has 0 aliphatic rings. The van der Waals surface area contributed by atoms with E-state index in [0.717, 1.165) is 10.2 Å². The van der Waals surface area contributed by atoms with Crippen molar-refractivity contribution in [2.75, 3.05) is 6.26 Å². The molecule has 1 N–H and O–H groups in total. The normalized spacial score (nSPS) is 11.9. The zero-order chi connectivity index (χ0) is 12.8. The zero-order valence-electron chi connectivity index (χ0n) is 8.71. The Hall–Kier alpha value is -1.53. The molecular formula is C10H8ClNO4S. The van der Waals surface area contributed by atoms with Gasteiger partial charge in [0.2, 0.25) is 10.0 Å². The van der Waals surface area contributed by atoms with E-state index < -0.39 is 16.0 Å². The summed E-state index contributed by atoms with van der Waals surface area (Å²) in [5, 5.41) is 9.87. The average molecular weight is 274 g/mol. The van der Waals surface area contributed by atoms with Crippen molar-refractivity contribution in [1.82, 2.24) is 3.97 Å². The van der Waals surface area contributed by atoms with Crippen molar-refractivity contribution in [1.29, 1.82) is 0 Å². The predicted molar refractivity (Wildman–Crippen MR) is 64.1 cm³/mol. The van der Waals surface area contributed by atoms with Crippen molar-refractivity contribution in [3.05, 3.63) is 35.0 Å². The Morgan fingerprint density at radius 2 is 2.00 bits per heavy atom. The van der Waals surface area contributed by atoms with Gasteiger partial charge in [-0.1, -0.05) is 11.6 Å². The lowest BCUT2D eigenvalue weighted by molar-refractivity contribution is 0.0689. The van der Waals surface area contributed by atoms with Gasteiger partial charge in [0.15, 0.2) is 0 Å². The number of hydrogen-bond acceptors (Lipinski definition) is 3. The molecule has 5 nitrogen and oxygen atoms in total. The van der Waals surface area contributed by atoms with Crippen molar-refractivity contribution in [2.45, 2.75) is 0 Å². The summed E-state index contributed by atoms with van der Waals surface area (Å²) < 4.78 is 24.0. The fraction of sp³-hybridized carbons (Fsp3) is 0.100. The van der Waals surface area contributed by atoms with E-state index >= 15 is 0 Å². The summed E-state index contributed by atoms with van der Waals surface area (Å²) >= 11 is 5.77. The summed E-state index contributed by atoms with van der Waals surface area (Å²) in [4.78, 5) is 11.0. The minimum Gasteiger partial charge on any atom is -0.477 e. The van der Waals surface area contributed by atoms with Crippen molar-refractivity contribution >= 4 is 38.5 Å². The molecule has 0 bridgehead atoms. The second-order valence-electron chi connectivity index (χ2n) is 3.57. The summed E-state index contributed by atoms with van der Waals surface area (Å²) in [7, 11) is -3.68. The van der Waals surface area contributed by atoms with Crippen LogP contribution >= 0.6 is 11.6 Å². The van der Waals surface area contributed by atoms with E-state index in [1.54, 1.807) is 0 Å². The second kappa shape index (κ2) is 3.75. The Morgan fingerprint density at radius 1 is 1.35 bits per heavy atom. The molecule has 0 amide bonds. The van der Waals surface area contributed by atoms with Crippen molar-refractivity contribution in [3.63, 3.8) is 0 Å². The third-order valence-electron chi connectivity index (χ3n) is 2.27. The van der Waals surface area contributed by atoms with Crippen LogP contribution in [-0.2, 0) is 10.0 Å². The van der Waals surface area contributed by atoms with Crippen LogP contribution < -0.4 is 0 Å². The molecule has 0 saturated heterocycles. The molecule has 7 heteroatoms. The number of benzene rings is 1. The van der Waals surface area contributed by atoms with Gasteiger partial charge in [-0.25, -0.2) is 17.2 Å². The molecule has 0 saturated carbocycles. The molecule has 2 rings (SSSR count). The zero-order valence-corrected chi connectivity index (χ0v) is 10.3. The van der Waals surface area contributed by atoms with Crippen LogP contribution in [0.3, 0.4) is 0 Å². The molecule has 2 aromatic rings. The highest BCUT2D eigenvalue weighted by Crippen LogP contribution is 2.24. The van der Waals surface area contributed by atoms with E-state index in [1.807, 2.05) is 0 Å². The van der Waals surface area contributed by atoms with Crippen LogP contribution in [0.4, 0.5) is 0 Å². The number of carboxylic acid groups (broad SMARTS) is 1. The van der Waals surface area contributed by atoms with Crippen LogP contribution in [0.5, 0.6) is 0 Å². The minimum absolute atomic E-state index is 0.300. The number of rotatable bonds is 2. The molecule has 1 aromatic heterocycles. The Kier molecular flexibility index (Phi) is 2.63. The minimum atomic E-state index is -3.68. The number of carboxylic acids is 1. The third-order valence-corrected chi connectivity index (χ3v) is 3.56. The molecule has 0 unspecified atom stereocenters. The largest absolute Gasteiger partial charge is 0.477 e. The number of hydrogen-bond donors (Lipinski definition) is 1. The van der Waals surface area contributed by atoms with E-state index in [-0.39, 0.29) is 5.69 Å². The first kappa shape index (κ1) is 11.9. The van der Waals surface area contributed by atoms with E-state index in [4.69, 9.17) is 16.7 Å². The van der Waals surface area contributed by atoms with Crippen LogP contribution in [-0.4, -0.2) is 29.7 Å². The Balaban J connectivity index is 2.96. The summed E-state index contributed by atoms with van der Waals surface area (Å²) in [5.41, 5.74) is -0.000864. The summed E-state index contributed by atoms with van der Waals surface area (Å²) in [6.45, 7) is 0. The quantitative estimate of drug-likeness (QED) is 0.905.